The molecule has 4 heterocycles. The van der Waals surface area contributed by atoms with E-state index in [-0.39, 0.29) is 6.04 Å². The number of aromatic nitrogens is 2. The number of nitrogens with zero attached hydrogens (tertiary/aromatic N) is 5. The molecule has 0 saturated carbocycles. The second-order valence-corrected chi connectivity index (χ2v) is 9.89. The fourth-order valence-electron chi connectivity index (χ4n) is 5.69. The number of fused-ring (bicyclic) bond motifs is 1. The number of hydrogen-bond donors (Lipinski definition) is 2. The predicted molar refractivity (Wildman–Crippen MR) is 142 cm³/mol. The molecule has 2 N–H and O–H groups in total. The van der Waals surface area contributed by atoms with Crippen molar-refractivity contribution in [2.75, 3.05) is 61.1 Å². The molecule has 3 aliphatic heterocycles. The maximum absolute atomic E-state index is 11.1. The van der Waals surface area contributed by atoms with Crippen molar-refractivity contribution in [2.45, 2.75) is 31.5 Å². The molecule has 8 nitrogen and oxygen atoms in total. The molecule has 1 aromatic heterocycles. The van der Waals surface area contributed by atoms with Gasteiger partial charge in [0, 0.05) is 62.8 Å². The number of piperidine rings is 1. The van der Waals surface area contributed by atoms with Gasteiger partial charge in [-0.2, -0.15) is 0 Å². The summed E-state index contributed by atoms with van der Waals surface area (Å²) >= 11 is 0. The van der Waals surface area contributed by atoms with Crippen LogP contribution in [0.4, 0.5) is 23.0 Å². The van der Waals surface area contributed by atoms with Crippen molar-refractivity contribution in [2.24, 2.45) is 0 Å². The molecule has 36 heavy (non-hydrogen) atoms. The Balaban J connectivity index is 1.10. The number of benzene rings is 2. The first-order valence-corrected chi connectivity index (χ1v) is 13.0. The second kappa shape index (κ2) is 10.4. The lowest BCUT2D eigenvalue weighted by Gasteiger charge is -2.43. The highest BCUT2D eigenvalue weighted by Gasteiger charge is 2.34. The molecule has 0 unspecified atom stereocenters. The topological polar surface area (TPSA) is 77.0 Å². The first-order chi connectivity index (χ1) is 17.7. The predicted octanol–water partition coefficient (Wildman–Crippen LogP) is 3.05. The summed E-state index contributed by atoms with van der Waals surface area (Å²) in [7, 11) is 0. The van der Waals surface area contributed by atoms with Crippen molar-refractivity contribution in [1.29, 1.82) is 0 Å². The van der Waals surface area contributed by atoms with Crippen LogP contribution in [0.5, 0.6) is 0 Å². The van der Waals surface area contributed by atoms with E-state index >= 15 is 0 Å². The number of hydrogen-bond acceptors (Lipinski definition) is 8. The molecule has 188 valence electrons. The smallest absolute Gasteiger partial charge is 0.135 e. The fourth-order valence-corrected chi connectivity index (χ4v) is 5.69. The molecule has 2 fully saturated rings. The van der Waals surface area contributed by atoms with E-state index in [4.69, 9.17) is 4.74 Å². The zero-order chi connectivity index (χ0) is 24.3. The van der Waals surface area contributed by atoms with Gasteiger partial charge in [-0.05, 0) is 42.2 Å². The fraction of sp³-hybridized carbons (Fsp3) is 0.429. The van der Waals surface area contributed by atoms with Crippen molar-refractivity contribution in [3.05, 3.63) is 72.1 Å². The van der Waals surface area contributed by atoms with E-state index < -0.39 is 6.10 Å². The average molecular weight is 487 g/mol. The van der Waals surface area contributed by atoms with Gasteiger partial charge in [0.05, 0.1) is 19.3 Å². The molecule has 3 aromatic rings. The summed E-state index contributed by atoms with van der Waals surface area (Å²) in [5.74, 6) is 1.60. The van der Waals surface area contributed by atoms with Crippen LogP contribution >= 0.6 is 0 Å². The molecule has 6 rings (SSSR count). The minimum atomic E-state index is -0.416. The molecule has 0 radical (unpaired) electrons. The van der Waals surface area contributed by atoms with Crippen LogP contribution in [0.25, 0.3) is 0 Å². The molecule has 2 saturated heterocycles. The van der Waals surface area contributed by atoms with Gasteiger partial charge in [0.25, 0.3) is 0 Å². The monoisotopic (exact) mass is 486 g/mol. The second-order valence-electron chi connectivity index (χ2n) is 9.89. The molecule has 0 amide bonds. The first-order valence-electron chi connectivity index (χ1n) is 13.0. The van der Waals surface area contributed by atoms with Crippen LogP contribution in [0, 0.1) is 0 Å². The van der Waals surface area contributed by atoms with Crippen LogP contribution in [0.15, 0.2) is 60.9 Å². The Bertz CT molecular complexity index is 1180. The van der Waals surface area contributed by atoms with Crippen molar-refractivity contribution in [3.8, 4) is 0 Å². The number of anilines is 4. The number of aliphatic hydroxyl groups is 1. The van der Waals surface area contributed by atoms with Crippen LogP contribution in [-0.4, -0.2) is 78.1 Å². The lowest BCUT2D eigenvalue weighted by atomic mass is 9.94. The van der Waals surface area contributed by atoms with E-state index in [2.05, 4.69) is 78.5 Å². The molecule has 0 aliphatic carbocycles. The standard InChI is InChI=1S/C28H34N6O2/c35-26-19-34(11-9-25(26)33-10-8-21-4-1-2-5-22(21)18-33)28-17-27(29-20-30-28)31-23-6-3-7-24(16-23)32-12-14-36-15-13-32/h1-7,16-17,20,25-26,35H,8-15,18-19H2,(H,29,30,31)/t25-,26-/m1/s1. The van der Waals surface area contributed by atoms with Crippen LogP contribution in [0.1, 0.15) is 17.5 Å². The first kappa shape index (κ1) is 23.2. The highest BCUT2D eigenvalue weighted by molar-refractivity contribution is 5.65. The zero-order valence-electron chi connectivity index (χ0n) is 20.6. The summed E-state index contributed by atoms with van der Waals surface area (Å²) in [4.78, 5) is 15.9. The van der Waals surface area contributed by atoms with E-state index in [1.165, 1.54) is 16.8 Å². The number of aliphatic hydroxyl groups excluding tert-OH is 1. The van der Waals surface area contributed by atoms with E-state index in [0.717, 1.165) is 76.1 Å². The molecule has 0 bridgehead atoms. The van der Waals surface area contributed by atoms with Crippen molar-refractivity contribution >= 4 is 23.0 Å². The number of morpholine rings is 1. The number of nitrogens with one attached hydrogen (secondary N) is 1. The summed E-state index contributed by atoms with van der Waals surface area (Å²) in [5, 5.41) is 14.5. The van der Waals surface area contributed by atoms with Crippen molar-refractivity contribution < 1.29 is 9.84 Å². The van der Waals surface area contributed by atoms with Crippen molar-refractivity contribution in [1.82, 2.24) is 14.9 Å². The summed E-state index contributed by atoms with van der Waals surface area (Å²) in [5.41, 5.74) is 5.01. The van der Waals surface area contributed by atoms with Gasteiger partial charge in [-0.15, -0.1) is 0 Å². The quantitative estimate of drug-likeness (QED) is 0.570. The number of ether oxygens (including phenoxy) is 1. The summed E-state index contributed by atoms with van der Waals surface area (Å²) in [6.07, 6.45) is 3.15. The van der Waals surface area contributed by atoms with Crippen LogP contribution < -0.4 is 15.1 Å². The van der Waals surface area contributed by atoms with Gasteiger partial charge in [-0.3, -0.25) is 4.90 Å². The largest absolute Gasteiger partial charge is 0.390 e. The summed E-state index contributed by atoms with van der Waals surface area (Å²) < 4.78 is 5.48. The SMILES string of the molecule is O[C@@H]1CN(c2cc(Nc3cccc(N4CCOCC4)c3)ncn2)CC[C@H]1N1CCc2ccccc2C1. The summed E-state index contributed by atoms with van der Waals surface area (Å²) in [6.45, 7) is 6.70. The van der Waals surface area contributed by atoms with Gasteiger partial charge in [0.1, 0.15) is 18.0 Å². The number of β-amino-alcohol motifs (C(OH)–C–C–N with tert-alkyl or cyclic N) is 1. The lowest BCUT2D eigenvalue weighted by molar-refractivity contribution is 0.0293. The minimum Gasteiger partial charge on any atom is -0.390 e. The number of rotatable bonds is 5. The minimum absolute atomic E-state index is 0.178. The van der Waals surface area contributed by atoms with Crippen LogP contribution in [0.3, 0.4) is 0 Å². The Morgan fingerprint density at radius 3 is 2.61 bits per heavy atom. The van der Waals surface area contributed by atoms with Crippen LogP contribution in [0.2, 0.25) is 0 Å². The molecule has 0 spiro atoms. The van der Waals surface area contributed by atoms with Gasteiger partial charge in [0.2, 0.25) is 0 Å². The normalized spacial score (nSPS) is 22.8. The Hall–Kier alpha value is -3.20. The third kappa shape index (κ3) is 5.02. The van der Waals surface area contributed by atoms with Crippen LogP contribution in [-0.2, 0) is 17.7 Å². The molecule has 2 aromatic carbocycles. The molecular weight excluding hydrogens is 452 g/mol. The molecular formula is C28H34N6O2. The maximum Gasteiger partial charge on any atom is 0.135 e. The van der Waals surface area contributed by atoms with Gasteiger partial charge in [0.15, 0.2) is 0 Å². The van der Waals surface area contributed by atoms with E-state index in [1.54, 1.807) is 6.33 Å². The molecule has 3 aliphatic rings. The maximum atomic E-state index is 11.1. The van der Waals surface area contributed by atoms with Gasteiger partial charge in [-0.25, -0.2) is 9.97 Å². The molecule has 8 heteroatoms. The average Bonchev–Trinajstić information content (AvgIpc) is 2.93. The van der Waals surface area contributed by atoms with Gasteiger partial charge < -0.3 is 25.0 Å². The third-order valence-corrected chi connectivity index (χ3v) is 7.65. The lowest BCUT2D eigenvalue weighted by Crippen LogP contribution is -2.55. The van der Waals surface area contributed by atoms with Gasteiger partial charge in [-0.1, -0.05) is 30.3 Å². The van der Waals surface area contributed by atoms with E-state index in [1.807, 2.05) is 6.07 Å². The Morgan fingerprint density at radius 2 is 1.75 bits per heavy atom. The Morgan fingerprint density at radius 1 is 0.889 bits per heavy atom. The highest BCUT2D eigenvalue weighted by Crippen LogP contribution is 2.28. The third-order valence-electron chi connectivity index (χ3n) is 7.65. The zero-order valence-corrected chi connectivity index (χ0v) is 20.6. The molecule has 2 atom stereocenters. The summed E-state index contributed by atoms with van der Waals surface area (Å²) in [6, 6.07) is 19.2. The Kier molecular flexibility index (Phi) is 6.72. The van der Waals surface area contributed by atoms with E-state index in [9.17, 15) is 5.11 Å². The Labute approximate surface area is 212 Å². The van der Waals surface area contributed by atoms with Gasteiger partial charge >= 0.3 is 0 Å². The van der Waals surface area contributed by atoms with E-state index in [0.29, 0.717) is 6.54 Å². The van der Waals surface area contributed by atoms with Crippen molar-refractivity contribution in [3.63, 3.8) is 0 Å². The highest BCUT2D eigenvalue weighted by atomic mass is 16.5.